The first-order valence-corrected chi connectivity index (χ1v) is 8.37. The van der Waals surface area contributed by atoms with E-state index in [1.165, 1.54) is 12.0 Å². The Balaban J connectivity index is 1.89. The highest BCUT2D eigenvalue weighted by atomic mass is 16.5. The molecule has 2 aromatic carbocycles. The Morgan fingerprint density at radius 1 is 1.04 bits per heavy atom. The van der Waals surface area contributed by atoms with Gasteiger partial charge in [-0.1, -0.05) is 12.1 Å². The monoisotopic (exact) mass is 354 g/mol. The lowest BCUT2D eigenvalue weighted by atomic mass is 10.1. The van der Waals surface area contributed by atoms with Crippen LogP contribution >= 0.6 is 0 Å². The van der Waals surface area contributed by atoms with Crippen molar-refractivity contribution in [2.45, 2.75) is 26.3 Å². The molecular formula is C20H22N2O4. The van der Waals surface area contributed by atoms with Crippen molar-refractivity contribution in [3.63, 3.8) is 0 Å². The number of benzene rings is 2. The maximum absolute atomic E-state index is 12.9. The number of aryl methyl sites for hydroxylation is 2. The molecule has 1 saturated heterocycles. The molecule has 1 N–H and O–H groups in total. The Labute approximate surface area is 152 Å². The van der Waals surface area contributed by atoms with Crippen molar-refractivity contribution in [1.82, 2.24) is 0 Å². The van der Waals surface area contributed by atoms with Gasteiger partial charge in [0.1, 0.15) is 17.5 Å². The Morgan fingerprint density at radius 2 is 1.81 bits per heavy atom. The molecule has 1 heterocycles. The van der Waals surface area contributed by atoms with Crippen molar-refractivity contribution in [2.75, 3.05) is 24.4 Å². The van der Waals surface area contributed by atoms with Crippen LogP contribution in [0.1, 0.15) is 17.5 Å². The SMILES string of the molecule is COc1ccc(N2C(=O)C[C@@H](Nc3cc(C)ccc3C)C2=O)c(OC)c1. The minimum atomic E-state index is -0.602. The van der Waals surface area contributed by atoms with E-state index in [0.717, 1.165) is 16.8 Å². The van der Waals surface area contributed by atoms with Gasteiger partial charge in [-0.05, 0) is 43.2 Å². The zero-order chi connectivity index (χ0) is 18.8. The van der Waals surface area contributed by atoms with E-state index < -0.39 is 6.04 Å². The second-order valence-electron chi connectivity index (χ2n) is 6.32. The van der Waals surface area contributed by atoms with Crippen LogP contribution in [-0.4, -0.2) is 32.1 Å². The van der Waals surface area contributed by atoms with Gasteiger partial charge in [-0.3, -0.25) is 9.59 Å². The van der Waals surface area contributed by atoms with E-state index in [9.17, 15) is 9.59 Å². The zero-order valence-electron chi connectivity index (χ0n) is 15.3. The number of nitrogens with zero attached hydrogens (tertiary/aromatic N) is 1. The highest BCUT2D eigenvalue weighted by Crippen LogP contribution is 2.35. The van der Waals surface area contributed by atoms with Crippen LogP contribution in [0.3, 0.4) is 0 Å². The number of amides is 2. The number of hydrogen-bond donors (Lipinski definition) is 1. The van der Waals surface area contributed by atoms with Crippen LogP contribution in [0.15, 0.2) is 36.4 Å². The van der Waals surface area contributed by atoms with Gasteiger partial charge in [-0.25, -0.2) is 4.90 Å². The van der Waals surface area contributed by atoms with Gasteiger partial charge in [0.25, 0.3) is 5.91 Å². The average Bonchev–Trinajstić information content (AvgIpc) is 2.91. The van der Waals surface area contributed by atoms with Gasteiger partial charge < -0.3 is 14.8 Å². The van der Waals surface area contributed by atoms with Gasteiger partial charge in [-0.2, -0.15) is 0 Å². The highest BCUT2D eigenvalue weighted by Gasteiger charge is 2.41. The van der Waals surface area contributed by atoms with E-state index in [2.05, 4.69) is 5.32 Å². The van der Waals surface area contributed by atoms with E-state index in [0.29, 0.717) is 17.2 Å². The van der Waals surface area contributed by atoms with Gasteiger partial charge in [0.2, 0.25) is 5.91 Å². The Hall–Kier alpha value is -3.02. The topological polar surface area (TPSA) is 67.9 Å². The minimum Gasteiger partial charge on any atom is -0.497 e. The smallest absolute Gasteiger partial charge is 0.256 e. The van der Waals surface area contributed by atoms with Crippen LogP contribution in [0.5, 0.6) is 11.5 Å². The number of carbonyl (C=O) groups excluding carboxylic acids is 2. The molecule has 0 aromatic heterocycles. The third-order valence-electron chi connectivity index (χ3n) is 4.50. The molecule has 1 fully saturated rings. The molecular weight excluding hydrogens is 332 g/mol. The number of ether oxygens (including phenoxy) is 2. The summed E-state index contributed by atoms with van der Waals surface area (Å²) < 4.78 is 10.5. The molecule has 0 saturated carbocycles. The molecule has 0 bridgehead atoms. The summed E-state index contributed by atoms with van der Waals surface area (Å²) in [6.45, 7) is 3.95. The first kappa shape index (κ1) is 17.8. The Kier molecular flexibility index (Phi) is 4.84. The van der Waals surface area contributed by atoms with Crippen LogP contribution in [-0.2, 0) is 9.59 Å². The average molecular weight is 354 g/mol. The summed E-state index contributed by atoms with van der Waals surface area (Å²) in [5.74, 6) is 0.453. The molecule has 1 aliphatic rings. The molecule has 0 aliphatic carbocycles. The lowest BCUT2D eigenvalue weighted by molar-refractivity contribution is -0.121. The zero-order valence-corrected chi connectivity index (χ0v) is 15.3. The summed E-state index contributed by atoms with van der Waals surface area (Å²) in [5.41, 5.74) is 3.40. The second kappa shape index (κ2) is 7.07. The summed E-state index contributed by atoms with van der Waals surface area (Å²) in [5, 5.41) is 3.21. The van der Waals surface area contributed by atoms with Crippen molar-refractivity contribution in [3.05, 3.63) is 47.5 Å². The van der Waals surface area contributed by atoms with Gasteiger partial charge in [0, 0.05) is 11.8 Å². The maximum atomic E-state index is 12.9. The fourth-order valence-electron chi connectivity index (χ4n) is 3.05. The molecule has 0 spiro atoms. The van der Waals surface area contributed by atoms with E-state index >= 15 is 0 Å². The largest absolute Gasteiger partial charge is 0.497 e. The fourth-order valence-corrected chi connectivity index (χ4v) is 3.05. The van der Waals surface area contributed by atoms with Crippen molar-refractivity contribution in [3.8, 4) is 11.5 Å². The van der Waals surface area contributed by atoms with Gasteiger partial charge in [0.15, 0.2) is 0 Å². The van der Waals surface area contributed by atoms with Crippen molar-refractivity contribution in [2.24, 2.45) is 0 Å². The summed E-state index contributed by atoms with van der Waals surface area (Å²) >= 11 is 0. The molecule has 2 amide bonds. The number of hydrogen-bond acceptors (Lipinski definition) is 5. The van der Waals surface area contributed by atoms with Crippen LogP contribution < -0.4 is 19.7 Å². The van der Waals surface area contributed by atoms with Gasteiger partial charge in [-0.15, -0.1) is 0 Å². The highest BCUT2D eigenvalue weighted by molar-refractivity contribution is 6.23. The molecule has 26 heavy (non-hydrogen) atoms. The third kappa shape index (κ3) is 3.22. The molecule has 3 rings (SSSR count). The quantitative estimate of drug-likeness (QED) is 0.836. The summed E-state index contributed by atoms with van der Waals surface area (Å²) in [6, 6.07) is 10.4. The predicted octanol–water partition coefficient (Wildman–Crippen LogP) is 3.06. The number of nitrogens with one attached hydrogen (secondary N) is 1. The Bertz CT molecular complexity index is 863. The molecule has 1 atom stereocenters. The number of anilines is 2. The van der Waals surface area contributed by atoms with Gasteiger partial charge in [0.05, 0.1) is 26.3 Å². The van der Waals surface area contributed by atoms with Crippen molar-refractivity contribution >= 4 is 23.2 Å². The van der Waals surface area contributed by atoms with Crippen LogP contribution in [0.2, 0.25) is 0 Å². The number of imide groups is 1. The van der Waals surface area contributed by atoms with Crippen LogP contribution in [0, 0.1) is 13.8 Å². The maximum Gasteiger partial charge on any atom is 0.256 e. The number of carbonyl (C=O) groups is 2. The number of methoxy groups -OCH3 is 2. The van der Waals surface area contributed by atoms with E-state index in [1.54, 1.807) is 25.3 Å². The molecule has 2 aromatic rings. The fraction of sp³-hybridized carbons (Fsp3) is 0.300. The lowest BCUT2D eigenvalue weighted by Crippen LogP contribution is -2.35. The van der Waals surface area contributed by atoms with Gasteiger partial charge >= 0.3 is 0 Å². The normalized spacial score (nSPS) is 16.8. The van der Waals surface area contributed by atoms with E-state index in [-0.39, 0.29) is 18.2 Å². The lowest BCUT2D eigenvalue weighted by Gasteiger charge is -2.19. The van der Waals surface area contributed by atoms with E-state index in [4.69, 9.17) is 9.47 Å². The molecule has 0 radical (unpaired) electrons. The predicted molar refractivity (Wildman–Crippen MR) is 100.0 cm³/mol. The summed E-state index contributed by atoms with van der Waals surface area (Å²) in [7, 11) is 3.04. The molecule has 6 heteroatoms. The van der Waals surface area contributed by atoms with E-state index in [1.807, 2.05) is 32.0 Å². The first-order valence-electron chi connectivity index (χ1n) is 8.37. The Morgan fingerprint density at radius 3 is 2.50 bits per heavy atom. The molecule has 1 aliphatic heterocycles. The second-order valence-corrected chi connectivity index (χ2v) is 6.32. The minimum absolute atomic E-state index is 0.0986. The standard InChI is InChI=1S/C20H22N2O4/c1-12-5-6-13(2)15(9-12)21-16-11-19(23)22(20(16)24)17-8-7-14(25-3)10-18(17)26-4/h5-10,16,21H,11H2,1-4H3/t16-/m1/s1. The molecule has 6 nitrogen and oxygen atoms in total. The van der Waals surface area contributed by atoms with Crippen LogP contribution in [0.4, 0.5) is 11.4 Å². The summed E-state index contributed by atoms with van der Waals surface area (Å²) in [4.78, 5) is 26.6. The summed E-state index contributed by atoms with van der Waals surface area (Å²) in [6.07, 6.45) is 0.0986. The number of rotatable bonds is 5. The molecule has 0 unspecified atom stereocenters. The first-order chi connectivity index (χ1) is 12.4. The van der Waals surface area contributed by atoms with Crippen LogP contribution in [0.25, 0.3) is 0 Å². The van der Waals surface area contributed by atoms with Crippen molar-refractivity contribution < 1.29 is 19.1 Å². The third-order valence-corrected chi connectivity index (χ3v) is 4.50. The molecule has 136 valence electrons. The van der Waals surface area contributed by atoms with Crippen molar-refractivity contribution in [1.29, 1.82) is 0 Å².